The van der Waals surface area contributed by atoms with Crippen molar-refractivity contribution in [3.8, 4) is 0 Å². The Bertz CT molecular complexity index is 850. The van der Waals surface area contributed by atoms with Crippen LogP contribution < -0.4 is 4.90 Å². The van der Waals surface area contributed by atoms with Gasteiger partial charge in [0, 0.05) is 77.2 Å². The van der Waals surface area contributed by atoms with Gasteiger partial charge in [0.15, 0.2) is 0 Å². The van der Waals surface area contributed by atoms with Crippen LogP contribution in [-0.2, 0) is 17.8 Å². The summed E-state index contributed by atoms with van der Waals surface area (Å²) in [5, 5.41) is 10.8. The summed E-state index contributed by atoms with van der Waals surface area (Å²) in [7, 11) is 0. The number of aliphatic hydroxyl groups excluding tert-OH is 1. The Morgan fingerprint density at radius 2 is 1.44 bits per heavy atom. The van der Waals surface area contributed by atoms with Gasteiger partial charge in [0.2, 0.25) is 0 Å². The lowest BCUT2D eigenvalue weighted by molar-refractivity contribution is 0.0342. The van der Waals surface area contributed by atoms with Crippen molar-refractivity contribution in [2.45, 2.75) is 25.2 Å². The van der Waals surface area contributed by atoms with Crippen LogP contribution in [0.15, 0.2) is 54.6 Å². The van der Waals surface area contributed by atoms with Gasteiger partial charge in [-0.05, 0) is 23.3 Å². The highest BCUT2D eigenvalue weighted by atomic mass is 16.5. The molecule has 0 bridgehead atoms. The number of aliphatic hydroxyl groups is 1. The van der Waals surface area contributed by atoms with E-state index in [1.165, 1.54) is 16.8 Å². The van der Waals surface area contributed by atoms with Crippen LogP contribution in [-0.4, -0.2) is 97.5 Å². The zero-order chi connectivity index (χ0) is 21.8. The van der Waals surface area contributed by atoms with Gasteiger partial charge < -0.3 is 14.7 Å². The van der Waals surface area contributed by atoms with Gasteiger partial charge in [0.25, 0.3) is 0 Å². The molecule has 0 spiro atoms. The number of nitrogens with zero attached hydrogens (tertiary/aromatic N) is 4. The van der Waals surface area contributed by atoms with E-state index in [4.69, 9.17) is 4.74 Å². The van der Waals surface area contributed by atoms with Crippen LogP contribution in [0.3, 0.4) is 0 Å². The van der Waals surface area contributed by atoms with Crippen LogP contribution in [0, 0.1) is 0 Å². The molecule has 172 valence electrons. The smallest absolute Gasteiger partial charge is 0.0834 e. The molecule has 0 aromatic heterocycles. The van der Waals surface area contributed by atoms with Gasteiger partial charge in [-0.25, -0.2) is 0 Å². The lowest BCUT2D eigenvalue weighted by atomic mass is 10.1. The number of para-hydroxylation sites is 1. The van der Waals surface area contributed by atoms with E-state index in [1.54, 1.807) is 0 Å². The Kier molecular flexibility index (Phi) is 7.05. The number of morpholine rings is 1. The van der Waals surface area contributed by atoms with Crippen molar-refractivity contribution in [3.63, 3.8) is 0 Å². The summed E-state index contributed by atoms with van der Waals surface area (Å²) in [5.74, 6) is 0. The van der Waals surface area contributed by atoms with Crippen molar-refractivity contribution in [2.24, 2.45) is 0 Å². The molecule has 2 aromatic carbocycles. The number of hydrogen-bond acceptors (Lipinski definition) is 6. The van der Waals surface area contributed by atoms with E-state index in [9.17, 15) is 5.11 Å². The fraction of sp³-hybridized carbons (Fsp3) is 0.538. The van der Waals surface area contributed by atoms with E-state index in [-0.39, 0.29) is 12.1 Å². The molecule has 2 atom stereocenters. The number of ether oxygens (including phenoxy) is 1. The van der Waals surface area contributed by atoms with Crippen LogP contribution in [0.1, 0.15) is 11.1 Å². The molecule has 3 heterocycles. The van der Waals surface area contributed by atoms with Gasteiger partial charge in [-0.2, -0.15) is 0 Å². The predicted octanol–water partition coefficient (Wildman–Crippen LogP) is 1.89. The molecule has 3 saturated heterocycles. The van der Waals surface area contributed by atoms with Crippen molar-refractivity contribution >= 4 is 5.69 Å². The average Bonchev–Trinajstić information content (AvgIpc) is 3.20. The Labute approximate surface area is 192 Å². The van der Waals surface area contributed by atoms with E-state index < -0.39 is 0 Å². The number of hydrogen-bond donors (Lipinski definition) is 1. The SMILES string of the molecule is O[C@H]1CN(Cc2cccc(CN3CCOCC3)c2)C[C@@H]1N1CCN(c2ccccc2)CC1. The summed E-state index contributed by atoms with van der Waals surface area (Å²) in [6.07, 6.45) is -0.269. The molecule has 1 N–H and O–H groups in total. The number of anilines is 1. The maximum Gasteiger partial charge on any atom is 0.0834 e. The van der Waals surface area contributed by atoms with Gasteiger partial charge in [-0.3, -0.25) is 14.7 Å². The molecular formula is C26H36N4O2. The third kappa shape index (κ3) is 5.33. The minimum Gasteiger partial charge on any atom is -0.390 e. The monoisotopic (exact) mass is 436 g/mol. The molecule has 6 heteroatoms. The standard InChI is InChI=1S/C26H36N4O2/c31-26-21-28(19-23-6-4-5-22(17-23)18-27-13-15-32-16-14-27)20-25(26)30-11-9-29(10-12-30)24-7-2-1-3-8-24/h1-8,17,25-26,31H,9-16,18-21H2/t25-,26-/m0/s1. The molecule has 2 aromatic rings. The molecule has 3 fully saturated rings. The Balaban J connectivity index is 1.13. The van der Waals surface area contributed by atoms with Crippen molar-refractivity contribution in [3.05, 3.63) is 65.7 Å². The second-order valence-corrected chi connectivity index (χ2v) is 9.40. The first kappa shape index (κ1) is 21.9. The molecule has 5 rings (SSSR count). The third-order valence-electron chi connectivity index (χ3n) is 7.15. The normalized spacial score (nSPS) is 26.0. The van der Waals surface area contributed by atoms with Gasteiger partial charge >= 0.3 is 0 Å². The van der Waals surface area contributed by atoms with Crippen LogP contribution in [0.2, 0.25) is 0 Å². The largest absolute Gasteiger partial charge is 0.390 e. The average molecular weight is 437 g/mol. The third-order valence-corrected chi connectivity index (χ3v) is 7.15. The quantitative estimate of drug-likeness (QED) is 0.746. The molecule has 3 aliphatic rings. The highest BCUT2D eigenvalue weighted by Crippen LogP contribution is 2.23. The van der Waals surface area contributed by atoms with Crippen LogP contribution in [0.25, 0.3) is 0 Å². The summed E-state index contributed by atoms with van der Waals surface area (Å²) < 4.78 is 5.47. The number of rotatable bonds is 6. The number of likely N-dealkylation sites (tertiary alicyclic amines) is 1. The molecule has 32 heavy (non-hydrogen) atoms. The molecule has 0 saturated carbocycles. The number of β-amino-alcohol motifs (C(OH)–C–C–N with tert-alkyl or cyclic N) is 1. The zero-order valence-corrected chi connectivity index (χ0v) is 19.0. The highest BCUT2D eigenvalue weighted by molar-refractivity contribution is 5.46. The topological polar surface area (TPSA) is 42.4 Å². The van der Waals surface area contributed by atoms with Crippen LogP contribution in [0.4, 0.5) is 5.69 Å². The first-order chi connectivity index (χ1) is 15.7. The first-order valence-corrected chi connectivity index (χ1v) is 12.1. The predicted molar refractivity (Wildman–Crippen MR) is 128 cm³/mol. The lowest BCUT2D eigenvalue weighted by Gasteiger charge is -2.39. The van der Waals surface area contributed by atoms with E-state index in [0.717, 1.165) is 78.7 Å². The summed E-state index contributed by atoms with van der Waals surface area (Å²) in [4.78, 5) is 9.84. The summed E-state index contributed by atoms with van der Waals surface area (Å²) in [5.41, 5.74) is 4.02. The van der Waals surface area contributed by atoms with Gasteiger partial charge in [-0.1, -0.05) is 42.5 Å². The minimum atomic E-state index is -0.269. The van der Waals surface area contributed by atoms with Gasteiger partial charge in [0.05, 0.1) is 19.3 Å². The number of piperazine rings is 1. The van der Waals surface area contributed by atoms with Gasteiger partial charge in [0.1, 0.15) is 0 Å². The van der Waals surface area contributed by atoms with Crippen molar-refractivity contribution in [2.75, 3.05) is 70.5 Å². The zero-order valence-electron chi connectivity index (χ0n) is 19.0. The van der Waals surface area contributed by atoms with E-state index in [2.05, 4.69) is 74.2 Å². The maximum absolute atomic E-state index is 10.8. The maximum atomic E-state index is 10.8. The molecule has 0 aliphatic carbocycles. The summed E-state index contributed by atoms with van der Waals surface area (Å²) in [6, 6.07) is 19.9. The summed E-state index contributed by atoms with van der Waals surface area (Å²) >= 11 is 0. The highest BCUT2D eigenvalue weighted by Gasteiger charge is 2.36. The van der Waals surface area contributed by atoms with E-state index in [1.807, 2.05) is 0 Å². The second kappa shape index (κ2) is 10.3. The van der Waals surface area contributed by atoms with Crippen LogP contribution >= 0.6 is 0 Å². The Morgan fingerprint density at radius 1 is 0.750 bits per heavy atom. The lowest BCUT2D eigenvalue weighted by Crippen LogP contribution is -2.53. The first-order valence-electron chi connectivity index (χ1n) is 12.1. The Morgan fingerprint density at radius 3 is 2.16 bits per heavy atom. The summed E-state index contributed by atoms with van der Waals surface area (Å²) in [6.45, 7) is 11.4. The minimum absolute atomic E-state index is 0.240. The Hall–Kier alpha value is -1.96. The van der Waals surface area contributed by atoms with Crippen molar-refractivity contribution < 1.29 is 9.84 Å². The van der Waals surface area contributed by atoms with Crippen molar-refractivity contribution in [1.82, 2.24) is 14.7 Å². The molecule has 3 aliphatic heterocycles. The van der Waals surface area contributed by atoms with E-state index >= 15 is 0 Å². The molecule has 0 amide bonds. The second-order valence-electron chi connectivity index (χ2n) is 9.40. The molecule has 6 nitrogen and oxygen atoms in total. The van der Waals surface area contributed by atoms with Crippen molar-refractivity contribution in [1.29, 1.82) is 0 Å². The molecular weight excluding hydrogens is 400 g/mol. The molecule has 0 unspecified atom stereocenters. The van der Waals surface area contributed by atoms with Crippen LogP contribution in [0.5, 0.6) is 0 Å². The van der Waals surface area contributed by atoms with E-state index in [0.29, 0.717) is 0 Å². The molecule has 0 radical (unpaired) electrons. The fourth-order valence-electron chi connectivity index (χ4n) is 5.39. The number of benzene rings is 2. The fourth-order valence-corrected chi connectivity index (χ4v) is 5.39. The van der Waals surface area contributed by atoms with Gasteiger partial charge in [-0.15, -0.1) is 0 Å².